The molecule has 0 saturated carbocycles. The summed E-state index contributed by atoms with van der Waals surface area (Å²) in [5, 5.41) is 12.0. The quantitative estimate of drug-likeness (QED) is 0.699. The standard InChI is InChI=1S/C13H20FN3O/c14-12-9-10(15)1-2-13(12)17-6-3-11(4-7-17)16-5-8-18/h1-2,9,11,16,18H,3-8,15H2. The molecule has 2 rings (SSSR count). The van der Waals surface area contributed by atoms with Gasteiger partial charge in [-0.3, -0.25) is 0 Å². The predicted octanol–water partition coefficient (Wildman–Crippen LogP) is 0.959. The van der Waals surface area contributed by atoms with Crippen molar-refractivity contribution < 1.29 is 9.50 Å². The van der Waals surface area contributed by atoms with Crippen molar-refractivity contribution in [3.8, 4) is 0 Å². The third-order valence-corrected chi connectivity index (χ3v) is 3.35. The molecule has 100 valence electrons. The number of benzene rings is 1. The summed E-state index contributed by atoms with van der Waals surface area (Å²) in [7, 11) is 0. The molecule has 0 amide bonds. The molecule has 18 heavy (non-hydrogen) atoms. The average Bonchev–Trinajstić information content (AvgIpc) is 2.37. The Labute approximate surface area is 107 Å². The minimum atomic E-state index is -0.253. The van der Waals surface area contributed by atoms with Crippen molar-refractivity contribution in [2.75, 3.05) is 36.9 Å². The summed E-state index contributed by atoms with van der Waals surface area (Å²) in [5.74, 6) is -0.253. The molecule has 0 aromatic heterocycles. The zero-order chi connectivity index (χ0) is 13.0. The van der Waals surface area contributed by atoms with Gasteiger partial charge in [-0.15, -0.1) is 0 Å². The number of hydrogen-bond donors (Lipinski definition) is 3. The molecule has 0 spiro atoms. The molecule has 1 heterocycles. The molecule has 1 aliphatic heterocycles. The van der Waals surface area contributed by atoms with Gasteiger partial charge in [-0.2, -0.15) is 0 Å². The van der Waals surface area contributed by atoms with E-state index in [0.717, 1.165) is 25.9 Å². The highest BCUT2D eigenvalue weighted by Gasteiger charge is 2.20. The van der Waals surface area contributed by atoms with Gasteiger partial charge in [0.25, 0.3) is 0 Å². The summed E-state index contributed by atoms with van der Waals surface area (Å²) in [6.07, 6.45) is 1.92. The Bertz CT molecular complexity index is 392. The maximum Gasteiger partial charge on any atom is 0.148 e. The molecule has 0 unspecified atom stereocenters. The second-order valence-corrected chi connectivity index (χ2v) is 4.65. The Morgan fingerprint density at radius 3 is 2.72 bits per heavy atom. The molecule has 1 aromatic carbocycles. The minimum absolute atomic E-state index is 0.160. The number of halogens is 1. The Balaban J connectivity index is 1.93. The lowest BCUT2D eigenvalue weighted by Gasteiger charge is -2.34. The van der Waals surface area contributed by atoms with E-state index in [2.05, 4.69) is 5.32 Å². The highest BCUT2D eigenvalue weighted by Crippen LogP contribution is 2.24. The van der Waals surface area contributed by atoms with E-state index in [1.54, 1.807) is 12.1 Å². The van der Waals surface area contributed by atoms with Crippen molar-refractivity contribution in [3.63, 3.8) is 0 Å². The van der Waals surface area contributed by atoms with Gasteiger partial charge in [0.05, 0.1) is 12.3 Å². The van der Waals surface area contributed by atoms with E-state index in [-0.39, 0.29) is 12.4 Å². The molecule has 1 fully saturated rings. The number of aliphatic hydroxyl groups is 1. The van der Waals surface area contributed by atoms with Crippen molar-refractivity contribution in [1.29, 1.82) is 0 Å². The van der Waals surface area contributed by atoms with Crippen molar-refractivity contribution in [2.24, 2.45) is 0 Å². The van der Waals surface area contributed by atoms with Gasteiger partial charge in [0, 0.05) is 31.4 Å². The van der Waals surface area contributed by atoms with Crippen molar-refractivity contribution in [3.05, 3.63) is 24.0 Å². The highest BCUT2D eigenvalue weighted by atomic mass is 19.1. The van der Waals surface area contributed by atoms with E-state index < -0.39 is 0 Å². The van der Waals surface area contributed by atoms with Crippen LogP contribution >= 0.6 is 0 Å². The number of nitrogens with two attached hydrogens (primary N) is 1. The van der Waals surface area contributed by atoms with E-state index in [4.69, 9.17) is 10.8 Å². The third kappa shape index (κ3) is 3.11. The average molecular weight is 253 g/mol. The van der Waals surface area contributed by atoms with Gasteiger partial charge in [-0.1, -0.05) is 0 Å². The first-order valence-electron chi connectivity index (χ1n) is 6.35. The summed E-state index contributed by atoms with van der Waals surface area (Å²) < 4.78 is 13.8. The number of piperidine rings is 1. The summed E-state index contributed by atoms with van der Waals surface area (Å²) in [6, 6.07) is 5.26. The summed E-state index contributed by atoms with van der Waals surface area (Å²) in [4.78, 5) is 2.05. The predicted molar refractivity (Wildman–Crippen MR) is 71.1 cm³/mol. The molecule has 5 heteroatoms. The fourth-order valence-electron chi connectivity index (χ4n) is 2.37. The Morgan fingerprint density at radius 1 is 1.39 bits per heavy atom. The number of aliphatic hydroxyl groups excluding tert-OH is 1. The van der Waals surface area contributed by atoms with Crippen LogP contribution in [0, 0.1) is 5.82 Å². The number of anilines is 2. The first kappa shape index (κ1) is 13.1. The van der Waals surface area contributed by atoms with Gasteiger partial charge in [-0.25, -0.2) is 4.39 Å². The van der Waals surface area contributed by atoms with Crippen LogP contribution in [0.3, 0.4) is 0 Å². The summed E-state index contributed by atoms with van der Waals surface area (Å²) in [6.45, 7) is 2.43. The second-order valence-electron chi connectivity index (χ2n) is 4.65. The van der Waals surface area contributed by atoms with Crippen molar-refractivity contribution >= 4 is 11.4 Å². The summed E-state index contributed by atoms with van der Waals surface area (Å²) >= 11 is 0. The van der Waals surface area contributed by atoms with Gasteiger partial charge in [0.1, 0.15) is 5.82 Å². The van der Waals surface area contributed by atoms with Crippen LogP contribution in [-0.4, -0.2) is 37.4 Å². The fourth-order valence-corrected chi connectivity index (χ4v) is 2.37. The first-order valence-corrected chi connectivity index (χ1v) is 6.35. The second kappa shape index (κ2) is 6.02. The SMILES string of the molecule is Nc1ccc(N2CCC(NCCO)CC2)c(F)c1. The molecule has 0 bridgehead atoms. The molecular weight excluding hydrogens is 233 g/mol. The van der Waals surface area contributed by atoms with Crippen LogP contribution in [0.4, 0.5) is 15.8 Å². The van der Waals surface area contributed by atoms with Crippen LogP contribution in [0.15, 0.2) is 18.2 Å². The zero-order valence-electron chi connectivity index (χ0n) is 10.4. The van der Waals surface area contributed by atoms with E-state index in [0.29, 0.717) is 24.0 Å². The molecule has 0 aliphatic carbocycles. The summed E-state index contributed by atoms with van der Waals surface area (Å²) in [5.41, 5.74) is 6.63. The topological polar surface area (TPSA) is 61.5 Å². The van der Waals surface area contributed by atoms with Gasteiger partial charge in [0.15, 0.2) is 0 Å². The van der Waals surface area contributed by atoms with Crippen molar-refractivity contribution in [1.82, 2.24) is 5.32 Å². The number of nitrogens with zero attached hydrogens (tertiary/aromatic N) is 1. The Kier molecular flexibility index (Phi) is 4.38. The smallest absolute Gasteiger partial charge is 0.148 e. The molecule has 4 nitrogen and oxygen atoms in total. The number of rotatable bonds is 4. The molecular formula is C13H20FN3O. The fraction of sp³-hybridized carbons (Fsp3) is 0.538. The lowest BCUT2D eigenvalue weighted by Crippen LogP contribution is -2.43. The molecule has 1 aromatic rings. The van der Waals surface area contributed by atoms with Gasteiger partial charge in [0.2, 0.25) is 0 Å². The Morgan fingerprint density at radius 2 is 2.11 bits per heavy atom. The van der Waals surface area contributed by atoms with Crippen LogP contribution in [0.1, 0.15) is 12.8 Å². The number of nitrogen functional groups attached to an aromatic ring is 1. The van der Waals surface area contributed by atoms with Gasteiger partial charge >= 0.3 is 0 Å². The van der Waals surface area contributed by atoms with Crippen LogP contribution in [-0.2, 0) is 0 Å². The molecule has 1 saturated heterocycles. The zero-order valence-corrected chi connectivity index (χ0v) is 10.4. The number of hydrogen-bond acceptors (Lipinski definition) is 4. The van der Waals surface area contributed by atoms with Gasteiger partial charge in [-0.05, 0) is 31.0 Å². The van der Waals surface area contributed by atoms with Crippen LogP contribution < -0.4 is 16.0 Å². The molecule has 0 radical (unpaired) electrons. The third-order valence-electron chi connectivity index (χ3n) is 3.35. The van der Waals surface area contributed by atoms with E-state index in [9.17, 15) is 4.39 Å². The van der Waals surface area contributed by atoms with Crippen LogP contribution in [0.25, 0.3) is 0 Å². The number of nitrogens with one attached hydrogen (secondary N) is 1. The largest absolute Gasteiger partial charge is 0.399 e. The normalized spacial score (nSPS) is 17.1. The Hall–Kier alpha value is -1.33. The van der Waals surface area contributed by atoms with Crippen LogP contribution in [0.5, 0.6) is 0 Å². The lowest BCUT2D eigenvalue weighted by molar-refractivity contribution is 0.277. The van der Waals surface area contributed by atoms with Crippen molar-refractivity contribution in [2.45, 2.75) is 18.9 Å². The van der Waals surface area contributed by atoms with E-state index >= 15 is 0 Å². The maximum atomic E-state index is 13.8. The van der Waals surface area contributed by atoms with Crippen LogP contribution in [0.2, 0.25) is 0 Å². The van der Waals surface area contributed by atoms with E-state index in [1.807, 2.05) is 4.90 Å². The van der Waals surface area contributed by atoms with Gasteiger partial charge < -0.3 is 21.1 Å². The molecule has 0 atom stereocenters. The molecule has 1 aliphatic rings. The lowest BCUT2D eigenvalue weighted by atomic mass is 10.0. The minimum Gasteiger partial charge on any atom is -0.399 e. The van der Waals surface area contributed by atoms with E-state index in [1.165, 1.54) is 6.07 Å². The molecule has 4 N–H and O–H groups in total. The maximum absolute atomic E-state index is 13.8. The highest BCUT2D eigenvalue weighted by molar-refractivity contribution is 5.54. The monoisotopic (exact) mass is 253 g/mol. The first-order chi connectivity index (χ1) is 8.70.